The molecule has 2 rings (SSSR count). The molecule has 1 aliphatic heterocycles. The van der Waals surface area contributed by atoms with Crippen molar-refractivity contribution in [3.63, 3.8) is 0 Å². The predicted octanol–water partition coefficient (Wildman–Crippen LogP) is 2.56. The van der Waals surface area contributed by atoms with Gasteiger partial charge in [0, 0.05) is 13.2 Å². The Morgan fingerprint density at radius 2 is 2.17 bits per heavy atom. The van der Waals surface area contributed by atoms with E-state index >= 15 is 0 Å². The van der Waals surface area contributed by atoms with Crippen molar-refractivity contribution in [2.45, 2.75) is 32.7 Å². The third-order valence-corrected chi connectivity index (χ3v) is 3.55. The van der Waals surface area contributed by atoms with E-state index in [1.165, 1.54) is 11.1 Å². The smallest absolute Gasteiger partial charge is 0.249 e. The highest BCUT2D eigenvalue weighted by molar-refractivity contribution is 5.78. The normalized spacial score (nSPS) is 18.6. The molecule has 0 radical (unpaired) electrons. The molecule has 0 saturated heterocycles. The van der Waals surface area contributed by atoms with Crippen molar-refractivity contribution in [3.8, 4) is 0 Å². The van der Waals surface area contributed by atoms with Gasteiger partial charge in [0.1, 0.15) is 6.61 Å². The minimum absolute atomic E-state index is 0.109. The Labute approximate surface area is 109 Å². The van der Waals surface area contributed by atoms with Crippen LogP contribution in [0.4, 0.5) is 0 Å². The molecule has 1 aromatic rings. The maximum Gasteiger partial charge on any atom is 0.249 e. The van der Waals surface area contributed by atoms with Crippen molar-refractivity contribution < 1.29 is 9.53 Å². The SMILES string of the molecule is CCOCC(=O)N1CCc2ccccc2[C@H]1CC. The topological polar surface area (TPSA) is 29.5 Å². The number of nitrogens with zero attached hydrogens (tertiary/aromatic N) is 1. The monoisotopic (exact) mass is 247 g/mol. The summed E-state index contributed by atoms with van der Waals surface area (Å²) in [5, 5.41) is 0. The molecule has 0 N–H and O–H groups in total. The molecule has 0 bridgehead atoms. The van der Waals surface area contributed by atoms with Crippen molar-refractivity contribution in [2.75, 3.05) is 19.8 Å². The Morgan fingerprint density at radius 1 is 1.39 bits per heavy atom. The molecule has 1 heterocycles. The second kappa shape index (κ2) is 6.01. The zero-order chi connectivity index (χ0) is 13.0. The second-order valence-electron chi connectivity index (χ2n) is 4.60. The Balaban J connectivity index is 2.17. The third kappa shape index (κ3) is 2.56. The molecule has 0 aromatic heterocycles. The van der Waals surface area contributed by atoms with Crippen LogP contribution in [0.15, 0.2) is 24.3 Å². The van der Waals surface area contributed by atoms with Crippen LogP contribution in [0.25, 0.3) is 0 Å². The van der Waals surface area contributed by atoms with E-state index in [9.17, 15) is 4.79 Å². The summed E-state index contributed by atoms with van der Waals surface area (Å²) >= 11 is 0. The van der Waals surface area contributed by atoms with Gasteiger partial charge < -0.3 is 9.64 Å². The van der Waals surface area contributed by atoms with Crippen LogP contribution >= 0.6 is 0 Å². The van der Waals surface area contributed by atoms with Crippen LogP contribution in [0, 0.1) is 0 Å². The number of benzene rings is 1. The summed E-state index contributed by atoms with van der Waals surface area (Å²) in [6.45, 7) is 5.65. The number of carbonyl (C=O) groups excluding carboxylic acids is 1. The predicted molar refractivity (Wildman–Crippen MR) is 71.4 cm³/mol. The second-order valence-corrected chi connectivity index (χ2v) is 4.60. The molecule has 1 aromatic carbocycles. The van der Waals surface area contributed by atoms with Crippen LogP contribution in [0.3, 0.4) is 0 Å². The standard InChI is InChI=1S/C15H21NO2/c1-3-14-13-8-6-5-7-12(13)9-10-16(14)15(17)11-18-4-2/h5-8,14H,3-4,9-11H2,1-2H3/t14-/m1/s1. The summed E-state index contributed by atoms with van der Waals surface area (Å²) in [6, 6.07) is 8.65. The van der Waals surface area contributed by atoms with Crippen LogP contribution in [-0.2, 0) is 16.0 Å². The van der Waals surface area contributed by atoms with Gasteiger partial charge in [-0.2, -0.15) is 0 Å². The molecule has 1 aliphatic rings. The largest absolute Gasteiger partial charge is 0.372 e. The van der Waals surface area contributed by atoms with E-state index in [4.69, 9.17) is 4.74 Å². The number of ether oxygens (including phenoxy) is 1. The molecule has 0 aliphatic carbocycles. The first kappa shape index (κ1) is 13.1. The van der Waals surface area contributed by atoms with Crippen molar-refractivity contribution in [1.29, 1.82) is 0 Å². The van der Waals surface area contributed by atoms with Gasteiger partial charge in [-0.05, 0) is 30.9 Å². The first-order valence-corrected chi connectivity index (χ1v) is 6.73. The Morgan fingerprint density at radius 3 is 2.89 bits per heavy atom. The molecular weight excluding hydrogens is 226 g/mol. The summed E-state index contributed by atoms with van der Waals surface area (Å²) in [7, 11) is 0. The molecule has 0 spiro atoms. The van der Waals surface area contributed by atoms with E-state index in [2.05, 4.69) is 31.2 Å². The molecule has 0 unspecified atom stereocenters. The van der Waals surface area contributed by atoms with Gasteiger partial charge >= 0.3 is 0 Å². The number of hydrogen-bond donors (Lipinski definition) is 0. The first-order valence-electron chi connectivity index (χ1n) is 6.73. The molecule has 0 fully saturated rings. The molecule has 3 heteroatoms. The number of fused-ring (bicyclic) bond motifs is 1. The quantitative estimate of drug-likeness (QED) is 0.818. The van der Waals surface area contributed by atoms with Gasteiger partial charge in [-0.15, -0.1) is 0 Å². The van der Waals surface area contributed by atoms with Crippen LogP contribution in [-0.4, -0.2) is 30.6 Å². The maximum absolute atomic E-state index is 12.1. The molecule has 1 amide bonds. The lowest BCUT2D eigenvalue weighted by atomic mass is 9.91. The van der Waals surface area contributed by atoms with Crippen LogP contribution in [0.2, 0.25) is 0 Å². The first-order chi connectivity index (χ1) is 8.77. The minimum atomic E-state index is 0.109. The highest BCUT2D eigenvalue weighted by Gasteiger charge is 2.28. The Kier molecular flexibility index (Phi) is 4.37. The fourth-order valence-corrected chi connectivity index (χ4v) is 2.66. The van der Waals surface area contributed by atoms with Crippen molar-refractivity contribution >= 4 is 5.91 Å². The van der Waals surface area contributed by atoms with Gasteiger partial charge in [0.05, 0.1) is 6.04 Å². The van der Waals surface area contributed by atoms with Gasteiger partial charge in [0.25, 0.3) is 0 Å². The van der Waals surface area contributed by atoms with Gasteiger partial charge in [-0.25, -0.2) is 0 Å². The lowest BCUT2D eigenvalue weighted by Gasteiger charge is -2.37. The van der Waals surface area contributed by atoms with Crippen molar-refractivity contribution in [1.82, 2.24) is 4.90 Å². The number of rotatable bonds is 4. The maximum atomic E-state index is 12.1. The van der Waals surface area contributed by atoms with Crippen LogP contribution in [0.1, 0.15) is 37.4 Å². The van der Waals surface area contributed by atoms with Gasteiger partial charge in [-0.3, -0.25) is 4.79 Å². The lowest BCUT2D eigenvalue weighted by molar-refractivity contribution is -0.139. The molecule has 1 atom stereocenters. The van der Waals surface area contributed by atoms with Crippen molar-refractivity contribution in [3.05, 3.63) is 35.4 Å². The molecular formula is C15H21NO2. The van der Waals surface area contributed by atoms with E-state index in [0.29, 0.717) is 6.61 Å². The molecule has 18 heavy (non-hydrogen) atoms. The summed E-state index contributed by atoms with van der Waals surface area (Å²) in [5.74, 6) is 0.109. The van der Waals surface area contributed by atoms with E-state index in [-0.39, 0.29) is 18.6 Å². The highest BCUT2D eigenvalue weighted by Crippen LogP contribution is 2.31. The van der Waals surface area contributed by atoms with E-state index in [0.717, 1.165) is 19.4 Å². The summed E-state index contributed by atoms with van der Waals surface area (Å²) in [4.78, 5) is 14.1. The fourth-order valence-electron chi connectivity index (χ4n) is 2.66. The van der Waals surface area contributed by atoms with Crippen LogP contribution < -0.4 is 0 Å². The van der Waals surface area contributed by atoms with Gasteiger partial charge in [0.15, 0.2) is 0 Å². The minimum Gasteiger partial charge on any atom is -0.372 e. The number of amides is 1. The molecule has 0 saturated carbocycles. The average Bonchev–Trinajstić information content (AvgIpc) is 2.43. The Hall–Kier alpha value is -1.35. The van der Waals surface area contributed by atoms with E-state index in [1.54, 1.807) is 0 Å². The van der Waals surface area contributed by atoms with Crippen LogP contribution in [0.5, 0.6) is 0 Å². The molecule has 98 valence electrons. The summed E-state index contributed by atoms with van der Waals surface area (Å²) < 4.78 is 5.24. The summed E-state index contributed by atoms with van der Waals surface area (Å²) in [6.07, 6.45) is 1.90. The average molecular weight is 247 g/mol. The summed E-state index contributed by atoms with van der Waals surface area (Å²) in [5.41, 5.74) is 2.68. The molecule has 3 nitrogen and oxygen atoms in total. The zero-order valence-corrected chi connectivity index (χ0v) is 11.2. The fraction of sp³-hybridized carbons (Fsp3) is 0.533. The Bertz CT molecular complexity index is 417. The third-order valence-electron chi connectivity index (χ3n) is 3.55. The van der Waals surface area contributed by atoms with Crippen molar-refractivity contribution in [2.24, 2.45) is 0 Å². The van der Waals surface area contributed by atoms with Gasteiger partial charge in [0.2, 0.25) is 5.91 Å². The number of carbonyl (C=O) groups is 1. The highest BCUT2D eigenvalue weighted by atomic mass is 16.5. The van der Waals surface area contributed by atoms with E-state index < -0.39 is 0 Å². The van der Waals surface area contributed by atoms with Gasteiger partial charge in [-0.1, -0.05) is 31.2 Å². The lowest BCUT2D eigenvalue weighted by Crippen LogP contribution is -2.41. The zero-order valence-electron chi connectivity index (χ0n) is 11.2. The number of hydrogen-bond acceptors (Lipinski definition) is 2. The van der Waals surface area contributed by atoms with E-state index in [1.807, 2.05) is 11.8 Å².